The minimum atomic E-state index is -0.761. The molecule has 27 heavy (non-hydrogen) atoms. The van der Waals surface area contributed by atoms with Crippen LogP contribution in [0.5, 0.6) is 0 Å². The predicted molar refractivity (Wildman–Crippen MR) is 109 cm³/mol. The lowest BCUT2D eigenvalue weighted by atomic mass is 10.1. The molecule has 0 spiro atoms. The van der Waals surface area contributed by atoms with Gasteiger partial charge in [0.05, 0.1) is 17.1 Å². The fourth-order valence-electron chi connectivity index (χ4n) is 3.11. The molecule has 6 nitrogen and oxygen atoms in total. The fourth-order valence-corrected chi connectivity index (χ4v) is 3.61. The van der Waals surface area contributed by atoms with Crippen molar-refractivity contribution in [3.63, 3.8) is 0 Å². The number of nitrogens with one attached hydrogen (secondary N) is 2. The molecule has 3 rings (SSSR count). The molecule has 2 aromatic rings. The molecular weight excluding hydrogens is 410 g/mol. The summed E-state index contributed by atoms with van der Waals surface area (Å²) >= 11 is 3.45. The van der Waals surface area contributed by atoms with Gasteiger partial charge in [0.15, 0.2) is 0 Å². The maximum absolute atomic E-state index is 12.8. The number of halogens is 1. The Bertz CT molecular complexity index is 913. The van der Waals surface area contributed by atoms with Gasteiger partial charge in [-0.1, -0.05) is 18.2 Å². The smallest absolute Gasteiger partial charge is 0.239 e. The van der Waals surface area contributed by atoms with Gasteiger partial charge < -0.3 is 15.5 Å². The standard InChI is InChI=1S/C20H20BrN3O3/c1-12-7-8-16(22-13(2)25)17(11-12)23-19(26)14-9-10-24(20(14)27)18-6-4-3-5-15(18)21/h3-8,11,14H,9-10H2,1-2H3,(H,22,25)(H,23,26). The molecule has 140 valence electrons. The van der Waals surface area contributed by atoms with Gasteiger partial charge in [-0.15, -0.1) is 0 Å². The van der Waals surface area contributed by atoms with E-state index >= 15 is 0 Å². The van der Waals surface area contributed by atoms with E-state index < -0.39 is 5.92 Å². The quantitative estimate of drug-likeness (QED) is 0.727. The van der Waals surface area contributed by atoms with E-state index in [4.69, 9.17) is 0 Å². The van der Waals surface area contributed by atoms with Gasteiger partial charge in [-0.05, 0) is 59.1 Å². The first-order chi connectivity index (χ1) is 12.9. The first kappa shape index (κ1) is 19.1. The molecule has 0 bridgehead atoms. The van der Waals surface area contributed by atoms with Crippen molar-refractivity contribution in [3.8, 4) is 0 Å². The summed E-state index contributed by atoms with van der Waals surface area (Å²) < 4.78 is 0.811. The Morgan fingerprint density at radius 1 is 1.11 bits per heavy atom. The molecule has 1 saturated heterocycles. The topological polar surface area (TPSA) is 78.5 Å². The minimum Gasteiger partial charge on any atom is -0.325 e. The average Bonchev–Trinajstić information content (AvgIpc) is 2.99. The molecule has 2 N–H and O–H groups in total. The number of amides is 3. The Hall–Kier alpha value is -2.67. The van der Waals surface area contributed by atoms with Crippen LogP contribution >= 0.6 is 15.9 Å². The summed E-state index contributed by atoms with van der Waals surface area (Å²) in [5, 5.41) is 5.50. The van der Waals surface area contributed by atoms with E-state index in [-0.39, 0.29) is 17.7 Å². The minimum absolute atomic E-state index is 0.229. The van der Waals surface area contributed by atoms with Crippen LogP contribution in [0.15, 0.2) is 46.9 Å². The van der Waals surface area contributed by atoms with Gasteiger partial charge in [-0.2, -0.15) is 0 Å². The van der Waals surface area contributed by atoms with Gasteiger partial charge in [0.25, 0.3) is 0 Å². The molecule has 3 amide bonds. The van der Waals surface area contributed by atoms with Crippen molar-refractivity contribution in [2.45, 2.75) is 20.3 Å². The molecular formula is C20H20BrN3O3. The van der Waals surface area contributed by atoms with E-state index in [2.05, 4.69) is 26.6 Å². The zero-order chi connectivity index (χ0) is 19.6. The van der Waals surface area contributed by atoms with Crippen LogP contribution in [0.25, 0.3) is 0 Å². The highest BCUT2D eigenvalue weighted by Gasteiger charge is 2.38. The predicted octanol–water partition coefficient (Wildman–Crippen LogP) is 3.71. The van der Waals surface area contributed by atoms with Crippen LogP contribution in [0.3, 0.4) is 0 Å². The Labute approximate surface area is 166 Å². The van der Waals surface area contributed by atoms with Crippen molar-refractivity contribution < 1.29 is 14.4 Å². The van der Waals surface area contributed by atoms with Crippen molar-refractivity contribution in [1.82, 2.24) is 0 Å². The van der Waals surface area contributed by atoms with Crippen molar-refractivity contribution >= 4 is 50.7 Å². The number of aryl methyl sites for hydroxylation is 1. The molecule has 1 unspecified atom stereocenters. The second-order valence-corrected chi connectivity index (χ2v) is 7.36. The van der Waals surface area contributed by atoms with Crippen LogP contribution in [-0.4, -0.2) is 24.3 Å². The van der Waals surface area contributed by atoms with Crippen LogP contribution in [-0.2, 0) is 14.4 Å². The average molecular weight is 430 g/mol. The Morgan fingerprint density at radius 2 is 1.85 bits per heavy atom. The zero-order valence-corrected chi connectivity index (χ0v) is 16.7. The number of carbonyl (C=O) groups is 3. The highest BCUT2D eigenvalue weighted by atomic mass is 79.9. The van der Waals surface area contributed by atoms with Crippen LogP contribution in [0, 0.1) is 12.8 Å². The third kappa shape index (κ3) is 4.19. The fraction of sp³-hybridized carbons (Fsp3) is 0.250. The molecule has 1 aliphatic rings. The Morgan fingerprint density at radius 3 is 2.56 bits per heavy atom. The van der Waals surface area contributed by atoms with Crippen LogP contribution in [0.2, 0.25) is 0 Å². The summed E-state index contributed by atoms with van der Waals surface area (Å²) in [7, 11) is 0. The largest absolute Gasteiger partial charge is 0.325 e. The molecule has 0 aliphatic carbocycles. The molecule has 0 radical (unpaired) electrons. The monoisotopic (exact) mass is 429 g/mol. The number of hydrogen-bond acceptors (Lipinski definition) is 3. The van der Waals surface area contributed by atoms with E-state index in [0.29, 0.717) is 24.3 Å². The normalized spacial score (nSPS) is 16.3. The summed E-state index contributed by atoms with van der Waals surface area (Å²) in [6, 6.07) is 12.8. The first-order valence-electron chi connectivity index (χ1n) is 8.62. The molecule has 1 atom stereocenters. The van der Waals surface area contributed by atoms with Gasteiger partial charge in [0.2, 0.25) is 17.7 Å². The Kier molecular flexibility index (Phi) is 5.60. The summed E-state index contributed by atoms with van der Waals surface area (Å²) in [4.78, 5) is 38.6. The summed E-state index contributed by atoms with van der Waals surface area (Å²) in [6.45, 7) is 3.77. The lowest BCUT2D eigenvalue weighted by Gasteiger charge is -2.18. The maximum Gasteiger partial charge on any atom is 0.239 e. The van der Waals surface area contributed by atoms with Gasteiger partial charge in [0.1, 0.15) is 5.92 Å². The van der Waals surface area contributed by atoms with Gasteiger partial charge >= 0.3 is 0 Å². The first-order valence-corrected chi connectivity index (χ1v) is 9.41. The van der Waals surface area contributed by atoms with Gasteiger partial charge in [-0.3, -0.25) is 14.4 Å². The second kappa shape index (κ2) is 7.92. The Balaban J connectivity index is 1.78. The van der Waals surface area contributed by atoms with Crippen molar-refractivity contribution in [3.05, 3.63) is 52.5 Å². The molecule has 2 aromatic carbocycles. The van der Waals surface area contributed by atoms with E-state index in [1.54, 1.807) is 17.0 Å². The lowest BCUT2D eigenvalue weighted by molar-refractivity contribution is -0.129. The summed E-state index contributed by atoms with van der Waals surface area (Å²) in [6.07, 6.45) is 0.438. The number of rotatable bonds is 4. The molecule has 0 aromatic heterocycles. The second-order valence-electron chi connectivity index (χ2n) is 6.50. The van der Waals surface area contributed by atoms with Crippen molar-refractivity contribution in [2.24, 2.45) is 5.92 Å². The summed E-state index contributed by atoms with van der Waals surface area (Å²) in [5.74, 6) is -1.59. The van der Waals surface area contributed by atoms with Crippen molar-refractivity contribution in [2.75, 3.05) is 22.1 Å². The van der Waals surface area contributed by atoms with Crippen LogP contribution in [0.1, 0.15) is 18.9 Å². The van der Waals surface area contributed by atoms with Gasteiger partial charge in [-0.25, -0.2) is 0 Å². The van der Waals surface area contributed by atoms with Gasteiger partial charge in [0, 0.05) is 17.9 Å². The number of carbonyl (C=O) groups excluding carboxylic acids is 3. The van der Waals surface area contributed by atoms with E-state index in [1.165, 1.54) is 6.92 Å². The zero-order valence-electron chi connectivity index (χ0n) is 15.1. The van der Waals surface area contributed by atoms with E-state index in [9.17, 15) is 14.4 Å². The third-order valence-electron chi connectivity index (χ3n) is 4.41. The lowest BCUT2D eigenvalue weighted by Crippen LogP contribution is -2.33. The number of hydrogen-bond donors (Lipinski definition) is 2. The molecule has 1 aliphatic heterocycles. The highest BCUT2D eigenvalue weighted by Crippen LogP contribution is 2.32. The number of para-hydroxylation sites is 1. The van der Waals surface area contributed by atoms with Crippen molar-refractivity contribution in [1.29, 1.82) is 0 Å². The van der Waals surface area contributed by atoms with Crippen LogP contribution in [0.4, 0.5) is 17.1 Å². The molecule has 1 heterocycles. The SMILES string of the molecule is CC(=O)Nc1ccc(C)cc1NC(=O)C1CCN(c2ccccc2Br)C1=O. The number of anilines is 3. The van der Waals surface area contributed by atoms with E-state index in [1.807, 2.05) is 37.3 Å². The van der Waals surface area contributed by atoms with E-state index in [0.717, 1.165) is 15.7 Å². The molecule has 1 fully saturated rings. The number of benzene rings is 2. The number of nitrogens with zero attached hydrogens (tertiary/aromatic N) is 1. The highest BCUT2D eigenvalue weighted by molar-refractivity contribution is 9.10. The maximum atomic E-state index is 12.8. The third-order valence-corrected chi connectivity index (χ3v) is 5.08. The van der Waals surface area contributed by atoms with Crippen LogP contribution < -0.4 is 15.5 Å². The summed E-state index contributed by atoms with van der Waals surface area (Å²) in [5.41, 5.74) is 2.69. The molecule has 7 heteroatoms. The molecule has 0 saturated carbocycles.